The number of ether oxygens (including phenoxy) is 1. The molecular formula is C20H10F3IN2OS. The van der Waals surface area contributed by atoms with Gasteiger partial charge < -0.3 is 4.74 Å². The molecule has 0 aliphatic rings. The molecule has 140 valence electrons. The number of benzene rings is 3. The summed E-state index contributed by atoms with van der Waals surface area (Å²) in [6.07, 6.45) is -4.72. The molecule has 0 unspecified atom stereocenters. The van der Waals surface area contributed by atoms with Gasteiger partial charge in [0.1, 0.15) is 11.8 Å². The van der Waals surface area contributed by atoms with Crippen LogP contribution in [-0.4, -0.2) is 6.36 Å². The van der Waals surface area contributed by atoms with Crippen molar-refractivity contribution in [3.8, 4) is 11.8 Å². The van der Waals surface area contributed by atoms with Gasteiger partial charge in [0.25, 0.3) is 0 Å². The summed E-state index contributed by atoms with van der Waals surface area (Å²) in [6, 6.07) is 19.4. The van der Waals surface area contributed by atoms with E-state index in [9.17, 15) is 18.4 Å². The molecule has 0 bridgehead atoms. The molecular weight excluding hydrogens is 500 g/mol. The summed E-state index contributed by atoms with van der Waals surface area (Å²) >= 11 is 3.65. The normalized spacial score (nSPS) is 11.5. The monoisotopic (exact) mass is 510 g/mol. The largest absolute Gasteiger partial charge is 0.573 e. The summed E-state index contributed by atoms with van der Waals surface area (Å²) in [5.41, 5.74) is 2.23. The SMILES string of the molecule is N#Cc1cccc2c1sc1c(N(I)c3ccc(OC(F)(F)F)cc3)cccc12. The summed E-state index contributed by atoms with van der Waals surface area (Å²) in [5.74, 6) is -0.264. The van der Waals surface area contributed by atoms with E-state index in [0.717, 1.165) is 25.9 Å². The first-order valence-electron chi connectivity index (χ1n) is 8.03. The zero-order chi connectivity index (χ0) is 19.9. The lowest BCUT2D eigenvalue weighted by atomic mass is 10.1. The standard InChI is InChI=1S/C20H10F3IN2OS/c21-20(22,23)27-14-9-7-13(8-10-14)26(24)17-6-2-5-16-15-4-1-3-12(11-25)18(15)28-19(16)17/h1-10H. The highest BCUT2D eigenvalue weighted by molar-refractivity contribution is 14.1. The van der Waals surface area contributed by atoms with Gasteiger partial charge in [-0.15, -0.1) is 24.5 Å². The van der Waals surface area contributed by atoms with E-state index in [1.807, 2.05) is 33.4 Å². The number of anilines is 2. The number of nitrogens with zero attached hydrogens (tertiary/aromatic N) is 2. The van der Waals surface area contributed by atoms with Crippen molar-refractivity contribution in [3.63, 3.8) is 0 Å². The molecule has 3 aromatic carbocycles. The van der Waals surface area contributed by atoms with Crippen LogP contribution in [0.25, 0.3) is 20.2 Å². The first-order chi connectivity index (χ1) is 13.4. The lowest BCUT2D eigenvalue weighted by molar-refractivity contribution is -0.274. The van der Waals surface area contributed by atoms with Crippen LogP contribution >= 0.6 is 34.2 Å². The van der Waals surface area contributed by atoms with E-state index in [0.29, 0.717) is 11.3 Å². The number of hydrogen-bond donors (Lipinski definition) is 0. The first-order valence-corrected chi connectivity index (χ1v) is 9.81. The van der Waals surface area contributed by atoms with Crippen LogP contribution in [0.5, 0.6) is 5.75 Å². The molecule has 0 N–H and O–H groups in total. The summed E-state index contributed by atoms with van der Waals surface area (Å²) in [7, 11) is 0. The number of fused-ring (bicyclic) bond motifs is 3. The molecule has 0 spiro atoms. The van der Waals surface area contributed by atoms with Crippen LogP contribution in [0, 0.1) is 11.3 Å². The Morgan fingerprint density at radius 1 is 0.929 bits per heavy atom. The van der Waals surface area contributed by atoms with Gasteiger partial charge in [0.15, 0.2) is 0 Å². The van der Waals surface area contributed by atoms with Crippen LogP contribution in [0.3, 0.4) is 0 Å². The van der Waals surface area contributed by atoms with Crippen molar-refractivity contribution in [1.29, 1.82) is 5.26 Å². The second-order valence-electron chi connectivity index (χ2n) is 5.87. The molecule has 0 radical (unpaired) electrons. The van der Waals surface area contributed by atoms with Gasteiger partial charge in [-0.25, -0.2) is 0 Å². The Morgan fingerprint density at radius 3 is 2.21 bits per heavy atom. The van der Waals surface area contributed by atoms with Gasteiger partial charge in [-0.1, -0.05) is 24.3 Å². The molecule has 0 saturated carbocycles. The third-order valence-corrected chi connectivity index (χ3v) is 6.49. The maximum absolute atomic E-state index is 12.3. The molecule has 0 amide bonds. The van der Waals surface area contributed by atoms with Crippen LogP contribution in [-0.2, 0) is 0 Å². The van der Waals surface area contributed by atoms with E-state index >= 15 is 0 Å². The van der Waals surface area contributed by atoms with E-state index < -0.39 is 6.36 Å². The number of hydrogen-bond acceptors (Lipinski definition) is 4. The highest BCUT2D eigenvalue weighted by atomic mass is 127. The molecule has 0 atom stereocenters. The molecule has 0 saturated heterocycles. The Balaban J connectivity index is 1.77. The predicted molar refractivity (Wildman–Crippen MR) is 113 cm³/mol. The molecule has 1 heterocycles. The van der Waals surface area contributed by atoms with Crippen molar-refractivity contribution in [3.05, 3.63) is 66.2 Å². The topological polar surface area (TPSA) is 36.3 Å². The zero-order valence-corrected chi connectivity index (χ0v) is 17.0. The Bertz CT molecular complexity index is 1210. The average Bonchev–Trinajstić information content (AvgIpc) is 3.05. The fourth-order valence-corrected chi connectivity index (χ4v) is 5.12. The lowest BCUT2D eigenvalue weighted by Crippen LogP contribution is -2.17. The van der Waals surface area contributed by atoms with Crippen LogP contribution in [0.2, 0.25) is 0 Å². The van der Waals surface area contributed by atoms with Gasteiger partial charge in [0.05, 0.1) is 49.2 Å². The molecule has 3 nitrogen and oxygen atoms in total. The maximum atomic E-state index is 12.3. The van der Waals surface area contributed by atoms with E-state index in [1.54, 1.807) is 18.2 Å². The highest BCUT2D eigenvalue weighted by Crippen LogP contribution is 2.44. The fourth-order valence-electron chi connectivity index (χ4n) is 2.97. The van der Waals surface area contributed by atoms with E-state index in [4.69, 9.17) is 0 Å². The Morgan fingerprint density at radius 2 is 1.57 bits per heavy atom. The lowest BCUT2D eigenvalue weighted by Gasteiger charge is -2.18. The van der Waals surface area contributed by atoms with Crippen molar-refractivity contribution in [2.75, 3.05) is 3.11 Å². The Kier molecular flexibility index (Phi) is 4.81. The molecule has 28 heavy (non-hydrogen) atoms. The first kappa shape index (κ1) is 18.8. The van der Waals surface area contributed by atoms with Crippen molar-refractivity contribution in [2.45, 2.75) is 6.36 Å². The van der Waals surface area contributed by atoms with Crippen molar-refractivity contribution < 1.29 is 17.9 Å². The molecule has 0 fully saturated rings. The average molecular weight is 510 g/mol. The molecule has 4 rings (SSSR count). The number of nitriles is 1. The van der Waals surface area contributed by atoms with E-state index in [2.05, 4.69) is 33.7 Å². The van der Waals surface area contributed by atoms with Crippen LogP contribution in [0.4, 0.5) is 24.5 Å². The molecule has 0 aliphatic carbocycles. The summed E-state index contributed by atoms with van der Waals surface area (Å²) in [6.45, 7) is 0. The molecule has 4 aromatic rings. The fraction of sp³-hybridized carbons (Fsp3) is 0.0500. The number of rotatable bonds is 3. The summed E-state index contributed by atoms with van der Waals surface area (Å²) < 4.78 is 44.8. The van der Waals surface area contributed by atoms with Crippen LogP contribution in [0.15, 0.2) is 60.7 Å². The van der Waals surface area contributed by atoms with Crippen molar-refractivity contribution >= 4 is 65.7 Å². The van der Waals surface area contributed by atoms with E-state index in [-0.39, 0.29) is 5.75 Å². The van der Waals surface area contributed by atoms with Gasteiger partial charge in [0.2, 0.25) is 0 Å². The highest BCUT2D eigenvalue weighted by Gasteiger charge is 2.31. The third-order valence-electron chi connectivity index (χ3n) is 4.13. The number of alkyl halides is 3. The van der Waals surface area contributed by atoms with E-state index in [1.165, 1.54) is 23.5 Å². The Hall–Kier alpha value is -2.51. The third kappa shape index (κ3) is 3.47. The minimum absolute atomic E-state index is 0.264. The van der Waals surface area contributed by atoms with Gasteiger partial charge in [-0.05, 0) is 36.4 Å². The van der Waals surface area contributed by atoms with Gasteiger partial charge >= 0.3 is 6.36 Å². The minimum atomic E-state index is -4.72. The Labute approximate surface area is 176 Å². The van der Waals surface area contributed by atoms with Crippen LogP contribution < -0.4 is 7.85 Å². The summed E-state index contributed by atoms with van der Waals surface area (Å²) in [5, 5.41) is 11.4. The predicted octanol–water partition coefficient (Wildman–Crippen LogP) is 7.31. The minimum Gasteiger partial charge on any atom is -0.406 e. The second-order valence-corrected chi connectivity index (χ2v) is 7.86. The smallest absolute Gasteiger partial charge is 0.406 e. The van der Waals surface area contributed by atoms with Gasteiger partial charge in [-0.3, -0.25) is 3.11 Å². The van der Waals surface area contributed by atoms with Crippen molar-refractivity contribution in [2.24, 2.45) is 0 Å². The quantitative estimate of drug-likeness (QED) is 0.214. The molecule has 0 aliphatic heterocycles. The summed E-state index contributed by atoms with van der Waals surface area (Å²) in [4.78, 5) is 0. The van der Waals surface area contributed by atoms with Gasteiger partial charge in [0, 0.05) is 10.8 Å². The maximum Gasteiger partial charge on any atom is 0.573 e. The zero-order valence-electron chi connectivity index (χ0n) is 14.0. The number of thiophene rings is 1. The molecule has 1 aromatic heterocycles. The van der Waals surface area contributed by atoms with Crippen molar-refractivity contribution in [1.82, 2.24) is 0 Å². The number of halogens is 4. The van der Waals surface area contributed by atoms with Gasteiger partial charge in [-0.2, -0.15) is 5.26 Å². The van der Waals surface area contributed by atoms with Crippen LogP contribution in [0.1, 0.15) is 5.56 Å². The molecule has 8 heteroatoms. The second kappa shape index (κ2) is 7.14.